The number of hydrogen-bond acceptors (Lipinski definition) is 2. The molecule has 1 saturated heterocycles. The highest BCUT2D eigenvalue weighted by Gasteiger charge is 2.33. The monoisotopic (exact) mass is 365 g/mol. The van der Waals surface area contributed by atoms with Gasteiger partial charge in [-0.2, -0.15) is 4.31 Å². The molecule has 1 fully saturated rings. The lowest BCUT2D eigenvalue weighted by Crippen LogP contribution is -2.44. The highest BCUT2D eigenvalue weighted by atomic mass is 79.9. The summed E-state index contributed by atoms with van der Waals surface area (Å²) in [6.07, 6.45) is 1.99. The van der Waals surface area contributed by atoms with E-state index >= 15 is 0 Å². The van der Waals surface area contributed by atoms with Crippen molar-refractivity contribution in [2.75, 3.05) is 6.54 Å². The summed E-state index contributed by atoms with van der Waals surface area (Å²) in [5.41, 5.74) is 0. The Hall–Kier alpha value is -0.100. The summed E-state index contributed by atoms with van der Waals surface area (Å²) in [5.74, 6) is 0.404. The van der Waals surface area contributed by atoms with Crippen LogP contribution >= 0.6 is 27.5 Å². The highest BCUT2D eigenvalue weighted by molar-refractivity contribution is 9.10. The van der Waals surface area contributed by atoms with E-state index in [2.05, 4.69) is 22.9 Å². The molecular formula is C13H17BrClNO2S. The molecule has 1 heterocycles. The lowest BCUT2D eigenvalue weighted by atomic mass is 9.97. The molecule has 0 aromatic heterocycles. The summed E-state index contributed by atoms with van der Waals surface area (Å²) in [6, 6.07) is 4.80. The fraction of sp³-hybridized carbons (Fsp3) is 0.538. The smallest absolute Gasteiger partial charge is 0.207 e. The average Bonchev–Trinajstić information content (AvgIpc) is 2.35. The number of rotatable bonds is 2. The third-order valence-electron chi connectivity index (χ3n) is 3.56. The standard InChI is InChI=1S/C13H17BrClNO2S/c1-9-3-4-10(2)16(8-9)19(17,18)11-5-6-13(15)12(14)7-11/h5-7,9-10H,3-4,8H2,1-2H3. The van der Waals surface area contributed by atoms with Gasteiger partial charge in [-0.3, -0.25) is 0 Å². The molecule has 0 spiro atoms. The Labute approximate surface area is 128 Å². The summed E-state index contributed by atoms with van der Waals surface area (Å²) < 4.78 is 27.6. The second-order valence-corrected chi connectivity index (χ2v) is 8.33. The molecule has 1 aliphatic rings. The van der Waals surface area contributed by atoms with Crippen molar-refractivity contribution < 1.29 is 8.42 Å². The normalized spacial score (nSPS) is 25.5. The van der Waals surface area contributed by atoms with Crippen LogP contribution in [0.25, 0.3) is 0 Å². The van der Waals surface area contributed by atoms with Crippen LogP contribution in [0.4, 0.5) is 0 Å². The number of hydrogen-bond donors (Lipinski definition) is 0. The number of nitrogens with zero attached hydrogens (tertiary/aromatic N) is 1. The minimum absolute atomic E-state index is 0.0515. The molecule has 0 bridgehead atoms. The van der Waals surface area contributed by atoms with Crippen LogP contribution in [0.3, 0.4) is 0 Å². The van der Waals surface area contributed by atoms with E-state index in [1.54, 1.807) is 22.5 Å². The molecule has 1 aromatic carbocycles. The van der Waals surface area contributed by atoms with Crippen molar-refractivity contribution in [1.29, 1.82) is 0 Å². The number of benzene rings is 1. The van der Waals surface area contributed by atoms with Gasteiger partial charge in [0.2, 0.25) is 10.0 Å². The summed E-state index contributed by atoms with van der Waals surface area (Å²) in [5, 5.41) is 0.513. The van der Waals surface area contributed by atoms with Crippen LogP contribution in [-0.2, 0) is 10.0 Å². The molecule has 6 heteroatoms. The second-order valence-electron chi connectivity index (χ2n) is 5.18. The lowest BCUT2D eigenvalue weighted by molar-refractivity contribution is 0.218. The molecular weight excluding hydrogens is 350 g/mol. The Balaban J connectivity index is 2.38. The van der Waals surface area contributed by atoms with Crippen molar-refractivity contribution in [2.24, 2.45) is 5.92 Å². The van der Waals surface area contributed by atoms with E-state index < -0.39 is 10.0 Å². The molecule has 0 amide bonds. The van der Waals surface area contributed by atoms with E-state index in [1.807, 2.05) is 6.92 Å². The number of piperidine rings is 1. The molecule has 2 atom stereocenters. The molecule has 0 N–H and O–H groups in total. The first-order chi connectivity index (χ1) is 8.82. The Morgan fingerprint density at radius 2 is 2.00 bits per heavy atom. The van der Waals surface area contributed by atoms with Crippen molar-refractivity contribution in [2.45, 2.75) is 37.6 Å². The Morgan fingerprint density at radius 1 is 1.32 bits per heavy atom. The van der Waals surface area contributed by atoms with Gasteiger partial charge in [0.25, 0.3) is 0 Å². The van der Waals surface area contributed by atoms with Crippen LogP contribution in [-0.4, -0.2) is 25.3 Å². The maximum absolute atomic E-state index is 12.7. The highest BCUT2D eigenvalue weighted by Crippen LogP contribution is 2.31. The first-order valence-electron chi connectivity index (χ1n) is 6.29. The fourth-order valence-corrected chi connectivity index (χ4v) is 4.81. The van der Waals surface area contributed by atoms with Crippen LogP contribution in [0, 0.1) is 5.92 Å². The van der Waals surface area contributed by atoms with Crippen molar-refractivity contribution in [3.8, 4) is 0 Å². The molecule has 106 valence electrons. The summed E-state index contributed by atoms with van der Waals surface area (Å²) in [4.78, 5) is 0.296. The van der Waals surface area contributed by atoms with Gasteiger partial charge < -0.3 is 0 Å². The molecule has 1 aliphatic heterocycles. The molecule has 19 heavy (non-hydrogen) atoms. The molecule has 3 nitrogen and oxygen atoms in total. The van der Waals surface area contributed by atoms with Gasteiger partial charge in [0.15, 0.2) is 0 Å². The topological polar surface area (TPSA) is 37.4 Å². The molecule has 0 saturated carbocycles. The molecule has 2 rings (SSSR count). The van der Waals surface area contributed by atoms with Crippen LogP contribution < -0.4 is 0 Å². The average molecular weight is 367 g/mol. The van der Waals surface area contributed by atoms with E-state index in [1.165, 1.54) is 0 Å². The third kappa shape index (κ3) is 3.15. The molecule has 1 aromatic rings. The zero-order valence-corrected chi connectivity index (χ0v) is 14.1. The fourth-order valence-electron chi connectivity index (χ4n) is 2.36. The van der Waals surface area contributed by atoms with E-state index in [0.29, 0.717) is 26.9 Å². The zero-order chi connectivity index (χ0) is 14.2. The lowest BCUT2D eigenvalue weighted by Gasteiger charge is -2.35. The Bertz CT molecular complexity index is 576. The predicted molar refractivity (Wildman–Crippen MR) is 80.9 cm³/mol. The second kappa shape index (κ2) is 5.72. The van der Waals surface area contributed by atoms with Gasteiger partial charge >= 0.3 is 0 Å². The largest absolute Gasteiger partial charge is 0.243 e. The van der Waals surface area contributed by atoms with Gasteiger partial charge in [-0.15, -0.1) is 0 Å². The van der Waals surface area contributed by atoms with Crippen LogP contribution in [0.2, 0.25) is 5.02 Å². The van der Waals surface area contributed by atoms with E-state index in [9.17, 15) is 8.42 Å². The third-order valence-corrected chi connectivity index (χ3v) is 6.75. The summed E-state index contributed by atoms with van der Waals surface area (Å²) >= 11 is 9.19. The van der Waals surface area contributed by atoms with Crippen molar-refractivity contribution >= 4 is 37.6 Å². The number of halogens is 2. The van der Waals surface area contributed by atoms with Gasteiger partial charge in [-0.1, -0.05) is 18.5 Å². The van der Waals surface area contributed by atoms with E-state index in [4.69, 9.17) is 11.6 Å². The quantitative estimate of drug-likeness (QED) is 0.795. The first kappa shape index (κ1) is 15.3. The van der Waals surface area contributed by atoms with Gasteiger partial charge in [-0.25, -0.2) is 8.42 Å². The van der Waals surface area contributed by atoms with Gasteiger partial charge in [0.05, 0.1) is 9.92 Å². The Morgan fingerprint density at radius 3 is 2.63 bits per heavy atom. The predicted octanol–water partition coefficient (Wildman–Crippen LogP) is 3.91. The summed E-state index contributed by atoms with van der Waals surface area (Å²) in [6.45, 7) is 4.64. The maximum Gasteiger partial charge on any atom is 0.243 e. The maximum atomic E-state index is 12.7. The van der Waals surface area contributed by atoms with Crippen molar-refractivity contribution in [3.05, 3.63) is 27.7 Å². The van der Waals surface area contributed by atoms with Crippen LogP contribution in [0.15, 0.2) is 27.6 Å². The van der Waals surface area contributed by atoms with Gasteiger partial charge in [0, 0.05) is 17.1 Å². The first-order valence-corrected chi connectivity index (χ1v) is 8.90. The van der Waals surface area contributed by atoms with Gasteiger partial charge in [0.1, 0.15) is 0 Å². The SMILES string of the molecule is CC1CCC(C)N(S(=O)(=O)c2ccc(Cl)c(Br)c2)C1. The number of sulfonamides is 1. The minimum atomic E-state index is -3.44. The Kier molecular flexibility index (Phi) is 4.60. The van der Waals surface area contributed by atoms with E-state index in [0.717, 1.165) is 12.8 Å². The van der Waals surface area contributed by atoms with Crippen LogP contribution in [0.1, 0.15) is 26.7 Å². The van der Waals surface area contributed by atoms with Gasteiger partial charge in [-0.05, 0) is 59.8 Å². The molecule has 0 aliphatic carbocycles. The van der Waals surface area contributed by atoms with E-state index in [-0.39, 0.29) is 6.04 Å². The van der Waals surface area contributed by atoms with Crippen molar-refractivity contribution in [1.82, 2.24) is 4.31 Å². The summed E-state index contributed by atoms with van der Waals surface area (Å²) in [7, 11) is -3.44. The van der Waals surface area contributed by atoms with Crippen molar-refractivity contribution in [3.63, 3.8) is 0 Å². The minimum Gasteiger partial charge on any atom is -0.207 e. The molecule has 0 radical (unpaired) electrons. The van der Waals surface area contributed by atoms with Crippen LogP contribution in [0.5, 0.6) is 0 Å². The molecule has 2 unspecified atom stereocenters. The zero-order valence-electron chi connectivity index (χ0n) is 10.9.